The van der Waals surface area contributed by atoms with Crippen molar-refractivity contribution >= 4 is 40.5 Å². The Kier molecular flexibility index (Phi) is 5.46. The molecule has 0 aliphatic carbocycles. The summed E-state index contributed by atoms with van der Waals surface area (Å²) in [5.74, 6) is 0.312. The summed E-state index contributed by atoms with van der Waals surface area (Å²) in [6.07, 6.45) is -3.70. The lowest BCUT2D eigenvalue weighted by atomic mass is 9.76. The van der Waals surface area contributed by atoms with E-state index in [4.69, 9.17) is 34.8 Å². The van der Waals surface area contributed by atoms with E-state index in [1.807, 2.05) is 6.07 Å². The molecule has 5 nitrogen and oxygen atoms in total. The molecule has 0 radical (unpaired) electrons. The first-order valence-electron chi connectivity index (χ1n) is 8.82. The molecule has 0 bridgehead atoms. The highest BCUT2D eigenvalue weighted by Gasteiger charge is 2.58. The van der Waals surface area contributed by atoms with Crippen LogP contribution in [0.2, 0.25) is 15.1 Å². The van der Waals surface area contributed by atoms with E-state index in [1.54, 1.807) is 12.1 Å². The van der Waals surface area contributed by atoms with Crippen molar-refractivity contribution in [3.05, 3.63) is 68.4 Å². The number of halogens is 6. The molecule has 31 heavy (non-hydrogen) atoms. The van der Waals surface area contributed by atoms with Gasteiger partial charge in [0.05, 0.1) is 33.2 Å². The van der Waals surface area contributed by atoms with Gasteiger partial charge in [-0.2, -0.15) is 23.5 Å². The van der Waals surface area contributed by atoms with Gasteiger partial charge in [0.25, 0.3) is 0 Å². The van der Waals surface area contributed by atoms with E-state index < -0.39 is 24.6 Å². The lowest BCUT2D eigenvalue weighted by molar-refractivity contribution is -0.183. The molecule has 11 heteroatoms. The summed E-state index contributed by atoms with van der Waals surface area (Å²) in [6.45, 7) is -0.537. The Morgan fingerprint density at radius 3 is 2.39 bits per heavy atom. The van der Waals surface area contributed by atoms with Gasteiger partial charge < -0.3 is 0 Å². The summed E-state index contributed by atoms with van der Waals surface area (Å²) >= 11 is 17.9. The molecule has 3 aromatic rings. The van der Waals surface area contributed by atoms with E-state index in [0.29, 0.717) is 17.0 Å². The zero-order valence-corrected chi connectivity index (χ0v) is 17.7. The van der Waals surface area contributed by atoms with Crippen LogP contribution in [0, 0.1) is 11.3 Å². The van der Waals surface area contributed by atoms with Crippen LogP contribution in [0.15, 0.2) is 41.7 Å². The van der Waals surface area contributed by atoms with Crippen LogP contribution in [0.4, 0.5) is 13.2 Å². The van der Waals surface area contributed by atoms with Crippen LogP contribution in [0.1, 0.15) is 23.1 Å². The predicted octanol–water partition coefficient (Wildman–Crippen LogP) is 6.00. The average Bonchev–Trinajstić information content (AvgIpc) is 3.41. The zero-order chi connectivity index (χ0) is 22.4. The summed E-state index contributed by atoms with van der Waals surface area (Å²) < 4.78 is 42.9. The van der Waals surface area contributed by atoms with Crippen molar-refractivity contribution in [2.45, 2.75) is 18.0 Å². The molecule has 1 atom stereocenters. The predicted molar refractivity (Wildman–Crippen MR) is 112 cm³/mol. The molecule has 0 amide bonds. The summed E-state index contributed by atoms with van der Waals surface area (Å²) in [6, 6.07) is 9.05. The van der Waals surface area contributed by atoms with Crippen LogP contribution < -0.4 is 0 Å². The van der Waals surface area contributed by atoms with Gasteiger partial charge in [0, 0.05) is 17.7 Å². The van der Waals surface area contributed by atoms with Crippen LogP contribution in [0.25, 0.3) is 11.4 Å². The van der Waals surface area contributed by atoms with Gasteiger partial charge in [-0.05, 0) is 35.4 Å². The number of aromatic amines is 1. The molecular formula is C20H11Cl3F3N5. The smallest absolute Gasteiger partial charge is 0.288 e. The molecule has 2 aromatic carbocycles. The minimum Gasteiger partial charge on any atom is -0.288 e. The van der Waals surface area contributed by atoms with Gasteiger partial charge in [-0.25, -0.2) is 4.98 Å². The Labute approximate surface area is 189 Å². The lowest BCUT2D eigenvalue weighted by Crippen LogP contribution is -2.43. The third kappa shape index (κ3) is 3.67. The van der Waals surface area contributed by atoms with Gasteiger partial charge in [-0.15, -0.1) is 0 Å². The maximum absolute atomic E-state index is 14.3. The Morgan fingerprint density at radius 2 is 1.81 bits per heavy atom. The van der Waals surface area contributed by atoms with Crippen molar-refractivity contribution in [1.29, 1.82) is 5.26 Å². The maximum atomic E-state index is 14.3. The number of nitriles is 1. The largest absolute Gasteiger partial charge is 0.400 e. The second-order valence-corrected chi connectivity index (χ2v) is 8.16. The van der Waals surface area contributed by atoms with Crippen LogP contribution in [-0.4, -0.2) is 33.6 Å². The molecule has 0 saturated heterocycles. The topological polar surface area (TPSA) is 77.7 Å². The fourth-order valence-corrected chi connectivity index (χ4v) is 4.15. The van der Waals surface area contributed by atoms with Gasteiger partial charge in [0.2, 0.25) is 0 Å². The Hall–Kier alpha value is -2.60. The summed E-state index contributed by atoms with van der Waals surface area (Å²) in [7, 11) is 0. The number of hydrogen-bond acceptors (Lipinski definition) is 4. The van der Waals surface area contributed by atoms with E-state index >= 15 is 0 Å². The molecule has 1 aromatic heterocycles. The minimum absolute atomic E-state index is 0.00947. The standard InChI is InChI=1S/C20H11Cl3F3N5/c21-14-4-12(5-15(22)17(14)23)19(20(24,25)26)6-16(28-8-19)10-1-2-13(11(3-10)7-27)18-29-9-30-31-18/h1-5,9H,6,8H2,(H,29,30,31). The highest BCUT2D eigenvalue weighted by Crippen LogP contribution is 2.49. The summed E-state index contributed by atoms with van der Waals surface area (Å²) in [5, 5.41) is 15.9. The van der Waals surface area contributed by atoms with E-state index in [1.165, 1.54) is 24.5 Å². The van der Waals surface area contributed by atoms with Gasteiger partial charge in [-0.1, -0.05) is 40.9 Å². The summed E-state index contributed by atoms with van der Waals surface area (Å²) in [5.41, 5.74) is -1.11. The first-order chi connectivity index (χ1) is 14.7. The number of nitrogens with one attached hydrogen (secondary N) is 1. The highest BCUT2D eigenvalue weighted by atomic mass is 35.5. The first kappa shape index (κ1) is 21.6. The molecular weight excluding hydrogens is 474 g/mol. The van der Waals surface area contributed by atoms with Gasteiger partial charge in [-0.3, -0.25) is 10.1 Å². The second kappa shape index (κ2) is 7.83. The number of aromatic nitrogens is 3. The fourth-order valence-electron chi connectivity index (χ4n) is 3.55. The van der Waals surface area contributed by atoms with Crippen LogP contribution >= 0.6 is 34.8 Å². The Bertz CT molecular complexity index is 1210. The molecule has 0 spiro atoms. The zero-order valence-electron chi connectivity index (χ0n) is 15.4. The second-order valence-electron chi connectivity index (χ2n) is 6.97. The molecule has 2 heterocycles. The van der Waals surface area contributed by atoms with Crippen LogP contribution in [0.5, 0.6) is 0 Å². The van der Waals surface area contributed by atoms with Gasteiger partial charge in [0.15, 0.2) is 5.82 Å². The van der Waals surface area contributed by atoms with Crippen molar-refractivity contribution in [2.75, 3.05) is 6.54 Å². The highest BCUT2D eigenvalue weighted by molar-refractivity contribution is 6.48. The van der Waals surface area contributed by atoms with E-state index in [2.05, 4.69) is 20.2 Å². The summed E-state index contributed by atoms with van der Waals surface area (Å²) in [4.78, 5) is 8.19. The molecule has 0 saturated carbocycles. The number of H-pyrrole nitrogens is 1. The van der Waals surface area contributed by atoms with E-state index in [9.17, 15) is 18.4 Å². The van der Waals surface area contributed by atoms with E-state index in [0.717, 1.165) is 0 Å². The average molecular weight is 485 g/mol. The SMILES string of the molecule is N#Cc1cc(C2=NCC(c3cc(Cl)c(Cl)c(Cl)c3)(C(F)(F)F)C2)ccc1-c1nc[nH]n1. The number of aliphatic imine (C=N–C) groups is 1. The minimum atomic E-state index is -4.63. The van der Waals surface area contributed by atoms with Crippen molar-refractivity contribution in [3.8, 4) is 17.5 Å². The van der Waals surface area contributed by atoms with E-state index in [-0.39, 0.29) is 31.9 Å². The molecule has 1 aliphatic rings. The Morgan fingerprint density at radius 1 is 1.10 bits per heavy atom. The molecule has 1 aliphatic heterocycles. The molecule has 0 fully saturated rings. The molecule has 1 unspecified atom stereocenters. The number of benzene rings is 2. The van der Waals surface area contributed by atoms with Crippen LogP contribution in [0.3, 0.4) is 0 Å². The lowest BCUT2D eigenvalue weighted by Gasteiger charge is -2.32. The fraction of sp³-hybridized carbons (Fsp3) is 0.200. The Balaban J connectivity index is 1.75. The van der Waals surface area contributed by atoms with Crippen molar-refractivity contribution in [3.63, 3.8) is 0 Å². The first-order valence-corrected chi connectivity index (χ1v) is 9.95. The third-order valence-electron chi connectivity index (χ3n) is 5.22. The van der Waals surface area contributed by atoms with Crippen LogP contribution in [-0.2, 0) is 5.41 Å². The van der Waals surface area contributed by atoms with Gasteiger partial charge in [0.1, 0.15) is 11.7 Å². The molecule has 158 valence electrons. The normalized spacial score (nSPS) is 18.7. The quantitative estimate of drug-likeness (QED) is 0.463. The molecule has 1 N–H and O–H groups in total. The van der Waals surface area contributed by atoms with Crippen molar-refractivity contribution < 1.29 is 13.2 Å². The van der Waals surface area contributed by atoms with Crippen molar-refractivity contribution in [1.82, 2.24) is 15.2 Å². The number of rotatable bonds is 3. The maximum Gasteiger partial charge on any atom is 0.400 e. The number of hydrogen-bond donors (Lipinski definition) is 1. The third-order valence-corrected chi connectivity index (χ3v) is 6.41. The van der Waals surface area contributed by atoms with Gasteiger partial charge >= 0.3 is 6.18 Å². The monoisotopic (exact) mass is 483 g/mol. The molecule has 4 rings (SSSR count). The number of nitrogens with zero attached hydrogens (tertiary/aromatic N) is 4. The van der Waals surface area contributed by atoms with Crippen molar-refractivity contribution in [2.24, 2.45) is 4.99 Å². The number of alkyl halides is 3.